The predicted octanol–water partition coefficient (Wildman–Crippen LogP) is 1.46. The lowest BCUT2D eigenvalue weighted by Gasteiger charge is -2.22. The zero-order valence-corrected chi connectivity index (χ0v) is 16.5. The van der Waals surface area contributed by atoms with Crippen LogP contribution < -0.4 is 10.6 Å². The largest absolute Gasteiger partial charge is 0.373 e. The van der Waals surface area contributed by atoms with Crippen molar-refractivity contribution in [3.05, 3.63) is 29.8 Å². The Bertz CT molecular complexity index is 788. The van der Waals surface area contributed by atoms with Crippen LogP contribution in [0.15, 0.2) is 34.2 Å². The fraction of sp³-hybridized carbons (Fsp3) is 0.632. The van der Waals surface area contributed by atoms with Crippen molar-refractivity contribution in [3.8, 4) is 0 Å². The van der Waals surface area contributed by atoms with E-state index in [1.807, 2.05) is 12.1 Å². The number of ether oxygens (including phenoxy) is 1. The number of aliphatic imine (C=N–C) groups is 1. The Morgan fingerprint density at radius 2 is 1.96 bits per heavy atom. The maximum Gasteiger partial charge on any atom is 0.243 e. The van der Waals surface area contributed by atoms with E-state index in [0.29, 0.717) is 42.8 Å². The molecule has 148 valence electrons. The smallest absolute Gasteiger partial charge is 0.243 e. The lowest BCUT2D eigenvalue weighted by atomic mass is 9.96. The summed E-state index contributed by atoms with van der Waals surface area (Å²) in [5, 5.41) is 6.76. The molecule has 2 bridgehead atoms. The van der Waals surface area contributed by atoms with Crippen LogP contribution in [0.5, 0.6) is 0 Å². The zero-order chi connectivity index (χ0) is 18.9. The summed E-state index contributed by atoms with van der Waals surface area (Å²) in [5.74, 6) is 0.755. The van der Waals surface area contributed by atoms with E-state index in [1.165, 1.54) is 6.42 Å². The van der Waals surface area contributed by atoms with E-state index in [0.717, 1.165) is 37.2 Å². The second-order valence-corrected chi connectivity index (χ2v) is 9.48. The molecule has 0 amide bonds. The number of sulfonamides is 1. The lowest BCUT2D eigenvalue weighted by molar-refractivity contribution is 0.0992. The van der Waals surface area contributed by atoms with Crippen molar-refractivity contribution in [3.63, 3.8) is 0 Å². The number of hydrogen-bond donors (Lipinski definition) is 2. The molecule has 4 rings (SSSR count). The molecule has 0 aliphatic carbocycles. The van der Waals surface area contributed by atoms with Gasteiger partial charge in [0.25, 0.3) is 0 Å². The van der Waals surface area contributed by atoms with Gasteiger partial charge < -0.3 is 15.4 Å². The third-order valence-electron chi connectivity index (χ3n) is 5.74. The molecule has 0 spiro atoms. The second kappa shape index (κ2) is 7.77. The Hall–Kier alpha value is -1.64. The summed E-state index contributed by atoms with van der Waals surface area (Å²) in [6, 6.07) is 7.45. The first kappa shape index (κ1) is 18.7. The van der Waals surface area contributed by atoms with Crippen molar-refractivity contribution in [2.75, 3.05) is 20.1 Å². The number of fused-ring (bicyclic) bond motifs is 2. The first-order valence-corrected chi connectivity index (χ1v) is 11.2. The molecule has 27 heavy (non-hydrogen) atoms. The van der Waals surface area contributed by atoms with Gasteiger partial charge in [0.2, 0.25) is 10.0 Å². The normalized spacial score (nSPS) is 28.6. The van der Waals surface area contributed by atoms with Gasteiger partial charge in [-0.1, -0.05) is 12.1 Å². The van der Waals surface area contributed by atoms with Gasteiger partial charge in [-0.2, -0.15) is 4.31 Å². The number of hydrogen-bond acceptors (Lipinski definition) is 4. The second-order valence-electron chi connectivity index (χ2n) is 7.54. The van der Waals surface area contributed by atoms with Gasteiger partial charge in [-0.15, -0.1) is 0 Å². The topological polar surface area (TPSA) is 83.0 Å². The van der Waals surface area contributed by atoms with Crippen LogP contribution in [0.25, 0.3) is 0 Å². The molecular formula is C19H28N4O3S. The lowest BCUT2D eigenvalue weighted by Crippen LogP contribution is -2.47. The predicted molar refractivity (Wildman–Crippen MR) is 104 cm³/mol. The SMILES string of the molecule is CN=C(NCc1ccc(S(=O)(=O)N2CCCC2)cc1)NC1CC2CCC1O2. The Kier molecular flexibility index (Phi) is 5.39. The van der Waals surface area contributed by atoms with Crippen molar-refractivity contribution < 1.29 is 13.2 Å². The van der Waals surface area contributed by atoms with Crippen LogP contribution in [0.1, 0.15) is 37.7 Å². The van der Waals surface area contributed by atoms with Crippen LogP contribution in [-0.4, -0.2) is 57.1 Å². The summed E-state index contributed by atoms with van der Waals surface area (Å²) in [6.07, 6.45) is 5.91. The van der Waals surface area contributed by atoms with Crippen molar-refractivity contribution in [1.29, 1.82) is 0 Å². The van der Waals surface area contributed by atoms with Crippen LogP contribution in [0.3, 0.4) is 0 Å². The van der Waals surface area contributed by atoms with E-state index in [2.05, 4.69) is 15.6 Å². The number of nitrogens with one attached hydrogen (secondary N) is 2. The van der Waals surface area contributed by atoms with Gasteiger partial charge in [-0.05, 0) is 49.8 Å². The van der Waals surface area contributed by atoms with E-state index in [4.69, 9.17) is 4.74 Å². The number of guanidine groups is 1. The van der Waals surface area contributed by atoms with Crippen LogP contribution in [0.4, 0.5) is 0 Å². The summed E-state index contributed by atoms with van der Waals surface area (Å²) in [6.45, 7) is 1.84. The fourth-order valence-electron chi connectivity index (χ4n) is 4.20. The summed E-state index contributed by atoms with van der Waals surface area (Å²) in [4.78, 5) is 4.67. The van der Waals surface area contributed by atoms with Crippen LogP contribution >= 0.6 is 0 Å². The van der Waals surface area contributed by atoms with E-state index < -0.39 is 10.0 Å². The van der Waals surface area contributed by atoms with Gasteiger partial charge in [0.05, 0.1) is 23.1 Å². The highest BCUT2D eigenvalue weighted by Crippen LogP contribution is 2.34. The Morgan fingerprint density at radius 3 is 2.56 bits per heavy atom. The molecule has 3 aliphatic heterocycles. The molecule has 3 atom stereocenters. The molecule has 0 radical (unpaired) electrons. The van der Waals surface area contributed by atoms with E-state index >= 15 is 0 Å². The van der Waals surface area contributed by atoms with Crippen molar-refractivity contribution in [1.82, 2.24) is 14.9 Å². The quantitative estimate of drug-likeness (QED) is 0.586. The molecule has 3 fully saturated rings. The van der Waals surface area contributed by atoms with Crippen LogP contribution in [0.2, 0.25) is 0 Å². The van der Waals surface area contributed by atoms with Crippen LogP contribution in [-0.2, 0) is 21.3 Å². The minimum atomic E-state index is -3.35. The first-order chi connectivity index (χ1) is 13.1. The highest BCUT2D eigenvalue weighted by molar-refractivity contribution is 7.89. The minimum Gasteiger partial charge on any atom is -0.373 e. The summed E-state index contributed by atoms with van der Waals surface area (Å²) in [5.41, 5.74) is 1.02. The molecule has 7 nitrogen and oxygen atoms in total. The molecular weight excluding hydrogens is 364 g/mol. The van der Waals surface area contributed by atoms with E-state index in [-0.39, 0.29) is 0 Å². The van der Waals surface area contributed by atoms with Crippen molar-refractivity contribution in [2.45, 2.75) is 61.8 Å². The molecule has 3 heterocycles. The Labute approximate surface area is 161 Å². The maximum absolute atomic E-state index is 12.6. The monoisotopic (exact) mass is 392 g/mol. The van der Waals surface area contributed by atoms with Crippen LogP contribution in [0, 0.1) is 0 Å². The molecule has 3 saturated heterocycles. The average molecular weight is 393 g/mol. The van der Waals surface area contributed by atoms with Gasteiger partial charge in [0, 0.05) is 26.7 Å². The Balaban J connectivity index is 1.33. The van der Waals surface area contributed by atoms with Crippen molar-refractivity contribution >= 4 is 16.0 Å². The molecule has 0 saturated carbocycles. The molecule has 1 aromatic rings. The Morgan fingerprint density at radius 1 is 1.22 bits per heavy atom. The summed E-state index contributed by atoms with van der Waals surface area (Å²) < 4.78 is 32.6. The fourth-order valence-corrected chi connectivity index (χ4v) is 5.72. The molecule has 0 aromatic heterocycles. The zero-order valence-electron chi connectivity index (χ0n) is 15.7. The summed E-state index contributed by atoms with van der Waals surface area (Å²) >= 11 is 0. The number of rotatable bonds is 5. The first-order valence-electron chi connectivity index (χ1n) is 9.78. The molecule has 8 heteroatoms. The highest BCUT2D eigenvalue weighted by Gasteiger charge is 2.41. The molecule has 3 aliphatic rings. The summed E-state index contributed by atoms with van der Waals surface area (Å²) in [7, 11) is -1.59. The molecule has 3 unspecified atom stereocenters. The molecule has 1 aromatic carbocycles. The van der Waals surface area contributed by atoms with Crippen molar-refractivity contribution in [2.24, 2.45) is 4.99 Å². The van der Waals surface area contributed by atoms with E-state index in [9.17, 15) is 8.42 Å². The third-order valence-corrected chi connectivity index (χ3v) is 7.65. The minimum absolute atomic E-state index is 0.295. The highest BCUT2D eigenvalue weighted by atomic mass is 32.2. The third kappa shape index (κ3) is 3.97. The standard InChI is InChI=1S/C19H28N4O3S/c1-20-19(22-17-12-15-6-9-18(17)26-15)21-13-14-4-7-16(8-5-14)27(24,25)23-10-2-3-11-23/h4-5,7-8,15,17-18H,2-3,6,9-13H2,1H3,(H2,20,21,22). The van der Waals surface area contributed by atoms with Gasteiger partial charge in [-0.25, -0.2) is 8.42 Å². The average Bonchev–Trinajstić information content (AvgIpc) is 3.43. The number of nitrogens with zero attached hydrogens (tertiary/aromatic N) is 2. The molecule has 2 N–H and O–H groups in total. The van der Waals surface area contributed by atoms with Gasteiger partial charge in [0.15, 0.2) is 5.96 Å². The van der Waals surface area contributed by atoms with Gasteiger partial charge >= 0.3 is 0 Å². The maximum atomic E-state index is 12.6. The van der Waals surface area contributed by atoms with E-state index in [1.54, 1.807) is 23.5 Å². The van der Waals surface area contributed by atoms with Gasteiger partial charge in [0.1, 0.15) is 0 Å². The number of benzene rings is 1. The van der Waals surface area contributed by atoms with Gasteiger partial charge in [-0.3, -0.25) is 4.99 Å².